The van der Waals surface area contributed by atoms with Gasteiger partial charge < -0.3 is 0 Å². The highest BCUT2D eigenvalue weighted by atomic mass is 14.1. The van der Waals surface area contributed by atoms with Crippen molar-refractivity contribution in [3.8, 4) is 11.1 Å². The Bertz CT molecular complexity index is 708. The summed E-state index contributed by atoms with van der Waals surface area (Å²) in [4.78, 5) is 0. The number of hydrogen-bond donors (Lipinski definition) is 0. The SMILES string of the molecule is CC.Cc1cccc(-c2ccc3ccccc3c2)c1C. The fourth-order valence-corrected chi connectivity index (χ4v) is 2.42. The summed E-state index contributed by atoms with van der Waals surface area (Å²) < 4.78 is 0. The van der Waals surface area contributed by atoms with E-state index in [2.05, 4.69) is 74.5 Å². The van der Waals surface area contributed by atoms with Crippen LogP contribution in [0.15, 0.2) is 60.7 Å². The Hall–Kier alpha value is -2.08. The van der Waals surface area contributed by atoms with E-state index in [0.717, 1.165) is 0 Å². The molecule has 0 unspecified atom stereocenters. The molecular weight excluding hydrogens is 240 g/mol. The van der Waals surface area contributed by atoms with Crippen LogP contribution in [-0.2, 0) is 0 Å². The second-order valence-electron chi connectivity index (χ2n) is 4.81. The van der Waals surface area contributed by atoms with Crippen molar-refractivity contribution in [1.29, 1.82) is 0 Å². The van der Waals surface area contributed by atoms with Crippen molar-refractivity contribution in [3.05, 3.63) is 71.8 Å². The van der Waals surface area contributed by atoms with Crippen molar-refractivity contribution in [1.82, 2.24) is 0 Å². The minimum Gasteiger partial charge on any atom is -0.0683 e. The maximum atomic E-state index is 2.27. The molecule has 0 saturated carbocycles. The topological polar surface area (TPSA) is 0 Å². The highest BCUT2D eigenvalue weighted by Gasteiger charge is 2.04. The van der Waals surface area contributed by atoms with Crippen LogP contribution in [0.4, 0.5) is 0 Å². The smallest absolute Gasteiger partial charge is 0.0152 e. The third kappa shape index (κ3) is 2.75. The fraction of sp³-hybridized carbons (Fsp3) is 0.200. The van der Waals surface area contributed by atoms with Gasteiger partial charge in [-0.3, -0.25) is 0 Å². The van der Waals surface area contributed by atoms with E-state index < -0.39 is 0 Å². The molecular formula is C20H22. The molecule has 0 amide bonds. The van der Waals surface area contributed by atoms with E-state index in [1.54, 1.807) is 0 Å². The zero-order chi connectivity index (χ0) is 14.5. The molecule has 102 valence electrons. The predicted molar refractivity (Wildman–Crippen MR) is 90.2 cm³/mol. The summed E-state index contributed by atoms with van der Waals surface area (Å²) in [5.41, 5.74) is 5.35. The van der Waals surface area contributed by atoms with E-state index in [1.165, 1.54) is 33.0 Å². The Labute approximate surface area is 122 Å². The second-order valence-corrected chi connectivity index (χ2v) is 4.81. The van der Waals surface area contributed by atoms with Crippen LogP contribution >= 0.6 is 0 Å². The monoisotopic (exact) mass is 262 g/mol. The van der Waals surface area contributed by atoms with Crippen LogP contribution in [0.2, 0.25) is 0 Å². The van der Waals surface area contributed by atoms with E-state index in [-0.39, 0.29) is 0 Å². The van der Waals surface area contributed by atoms with Gasteiger partial charge >= 0.3 is 0 Å². The molecule has 0 radical (unpaired) electrons. The molecule has 0 bridgehead atoms. The standard InChI is InChI=1S/C18H16.C2H6/c1-13-6-5-9-18(14(13)2)17-11-10-15-7-3-4-8-16(15)12-17;1-2/h3-12H,1-2H3;1-2H3. The first kappa shape index (κ1) is 14.3. The quantitative estimate of drug-likeness (QED) is 0.493. The molecule has 3 aromatic carbocycles. The van der Waals surface area contributed by atoms with Gasteiger partial charge in [0.15, 0.2) is 0 Å². The van der Waals surface area contributed by atoms with Crippen LogP contribution in [0.5, 0.6) is 0 Å². The maximum absolute atomic E-state index is 2.27. The van der Waals surface area contributed by atoms with Gasteiger partial charge in [0.2, 0.25) is 0 Å². The van der Waals surface area contributed by atoms with Crippen LogP contribution < -0.4 is 0 Å². The van der Waals surface area contributed by atoms with Crippen molar-refractivity contribution < 1.29 is 0 Å². The van der Waals surface area contributed by atoms with Gasteiger partial charge in [0.05, 0.1) is 0 Å². The Balaban J connectivity index is 0.000000704. The van der Waals surface area contributed by atoms with Crippen molar-refractivity contribution in [2.75, 3.05) is 0 Å². The van der Waals surface area contributed by atoms with Gasteiger partial charge in [-0.1, -0.05) is 68.4 Å². The zero-order valence-corrected chi connectivity index (χ0v) is 12.8. The zero-order valence-electron chi connectivity index (χ0n) is 12.8. The van der Waals surface area contributed by atoms with Crippen LogP contribution in [0.3, 0.4) is 0 Å². The Morgan fingerprint density at radius 1 is 0.650 bits per heavy atom. The van der Waals surface area contributed by atoms with E-state index in [0.29, 0.717) is 0 Å². The second kappa shape index (κ2) is 6.38. The summed E-state index contributed by atoms with van der Waals surface area (Å²) in [5, 5.41) is 2.60. The molecule has 0 nitrogen and oxygen atoms in total. The number of hydrogen-bond acceptors (Lipinski definition) is 0. The molecule has 3 rings (SSSR count). The van der Waals surface area contributed by atoms with Crippen molar-refractivity contribution in [2.45, 2.75) is 27.7 Å². The lowest BCUT2D eigenvalue weighted by Crippen LogP contribution is -1.86. The number of rotatable bonds is 1. The third-order valence-corrected chi connectivity index (χ3v) is 3.67. The van der Waals surface area contributed by atoms with E-state index in [1.807, 2.05) is 13.8 Å². The molecule has 0 spiro atoms. The van der Waals surface area contributed by atoms with Gasteiger partial charge in [-0.15, -0.1) is 0 Å². The van der Waals surface area contributed by atoms with Crippen molar-refractivity contribution >= 4 is 10.8 Å². The predicted octanol–water partition coefficient (Wildman–Crippen LogP) is 6.15. The third-order valence-electron chi connectivity index (χ3n) is 3.67. The van der Waals surface area contributed by atoms with Gasteiger partial charge in [-0.25, -0.2) is 0 Å². The molecule has 0 saturated heterocycles. The summed E-state index contributed by atoms with van der Waals surface area (Å²) >= 11 is 0. The summed E-state index contributed by atoms with van der Waals surface area (Å²) in [5.74, 6) is 0. The summed E-state index contributed by atoms with van der Waals surface area (Å²) in [6.07, 6.45) is 0. The largest absolute Gasteiger partial charge is 0.0683 e. The minimum absolute atomic E-state index is 1.30. The Morgan fingerprint density at radius 2 is 1.35 bits per heavy atom. The molecule has 0 N–H and O–H groups in total. The molecule has 0 atom stereocenters. The van der Waals surface area contributed by atoms with Gasteiger partial charge in [0.1, 0.15) is 0 Å². The van der Waals surface area contributed by atoms with E-state index >= 15 is 0 Å². The van der Waals surface area contributed by atoms with Gasteiger partial charge in [-0.2, -0.15) is 0 Å². The number of aryl methyl sites for hydroxylation is 1. The Kier molecular flexibility index (Phi) is 4.57. The summed E-state index contributed by atoms with van der Waals surface area (Å²) in [7, 11) is 0. The van der Waals surface area contributed by atoms with Gasteiger partial charge in [0, 0.05) is 0 Å². The van der Waals surface area contributed by atoms with E-state index in [9.17, 15) is 0 Å². The van der Waals surface area contributed by atoms with Crippen LogP contribution in [0.25, 0.3) is 21.9 Å². The highest BCUT2D eigenvalue weighted by Crippen LogP contribution is 2.28. The molecule has 0 aromatic heterocycles. The number of fused-ring (bicyclic) bond motifs is 1. The molecule has 3 aromatic rings. The molecule has 0 fully saturated rings. The summed E-state index contributed by atoms with van der Waals surface area (Å²) in [6.45, 7) is 8.36. The first-order chi connectivity index (χ1) is 9.75. The van der Waals surface area contributed by atoms with Crippen LogP contribution in [0, 0.1) is 13.8 Å². The first-order valence-electron chi connectivity index (χ1n) is 7.31. The average Bonchev–Trinajstić information content (AvgIpc) is 2.51. The number of benzene rings is 3. The molecule has 0 aliphatic rings. The van der Waals surface area contributed by atoms with Crippen LogP contribution in [-0.4, -0.2) is 0 Å². The molecule has 0 heterocycles. The average molecular weight is 262 g/mol. The summed E-state index contributed by atoms with van der Waals surface area (Å²) in [6, 6.07) is 21.7. The Morgan fingerprint density at radius 3 is 2.10 bits per heavy atom. The normalized spacial score (nSPS) is 10.0. The highest BCUT2D eigenvalue weighted by molar-refractivity contribution is 5.87. The first-order valence-corrected chi connectivity index (χ1v) is 7.31. The molecule has 0 heteroatoms. The van der Waals surface area contributed by atoms with Gasteiger partial charge in [0.25, 0.3) is 0 Å². The fourth-order valence-electron chi connectivity index (χ4n) is 2.42. The lowest BCUT2D eigenvalue weighted by Gasteiger charge is -2.09. The van der Waals surface area contributed by atoms with Crippen LogP contribution in [0.1, 0.15) is 25.0 Å². The van der Waals surface area contributed by atoms with E-state index in [4.69, 9.17) is 0 Å². The van der Waals surface area contributed by atoms with Crippen molar-refractivity contribution in [3.63, 3.8) is 0 Å². The molecule has 0 aliphatic heterocycles. The molecule has 20 heavy (non-hydrogen) atoms. The van der Waals surface area contributed by atoms with Gasteiger partial charge in [-0.05, 0) is 52.9 Å². The van der Waals surface area contributed by atoms with Crippen molar-refractivity contribution in [2.24, 2.45) is 0 Å². The lowest BCUT2D eigenvalue weighted by atomic mass is 9.95. The lowest BCUT2D eigenvalue weighted by molar-refractivity contribution is 1.34. The maximum Gasteiger partial charge on any atom is -0.0152 e. The molecule has 0 aliphatic carbocycles. The minimum atomic E-state index is 1.30.